The average molecular weight is 265 g/mol. The zero-order valence-electron chi connectivity index (χ0n) is 12.6. The van der Waals surface area contributed by atoms with E-state index in [9.17, 15) is 0 Å². The number of nitrogens with one attached hydrogen (secondary N) is 1. The third-order valence-electron chi connectivity index (χ3n) is 2.84. The first-order chi connectivity index (χ1) is 9.11. The summed E-state index contributed by atoms with van der Waals surface area (Å²) in [6.45, 7) is 11.2. The predicted molar refractivity (Wildman–Crippen MR) is 78.1 cm³/mol. The van der Waals surface area contributed by atoms with Crippen molar-refractivity contribution in [1.29, 1.82) is 0 Å². The molecule has 1 unspecified atom stereocenters. The van der Waals surface area contributed by atoms with Gasteiger partial charge in [0.05, 0.1) is 24.7 Å². The lowest BCUT2D eigenvalue weighted by Crippen LogP contribution is -2.19. The smallest absolute Gasteiger partial charge is 0.232 e. The largest absolute Gasteiger partial charge is 0.476 e. The van der Waals surface area contributed by atoms with E-state index in [-0.39, 0.29) is 0 Å². The maximum absolute atomic E-state index is 5.62. The zero-order valence-corrected chi connectivity index (χ0v) is 12.6. The van der Waals surface area contributed by atoms with Crippen LogP contribution in [0.25, 0.3) is 0 Å². The fourth-order valence-electron chi connectivity index (χ4n) is 1.80. The van der Waals surface area contributed by atoms with Crippen LogP contribution in [0.5, 0.6) is 5.88 Å². The molecule has 1 N–H and O–H groups in total. The van der Waals surface area contributed by atoms with E-state index in [1.807, 2.05) is 0 Å². The maximum Gasteiger partial charge on any atom is 0.232 e. The molecule has 1 heterocycles. The quantitative estimate of drug-likeness (QED) is 0.745. The molecule has 19 heavy (non-hydrogen) atoms. The van der Waals surface area contributed by atoms with Crippen LogP contribution in [0.1, 0.15) is 46.2 Å². The first-order valence-corrected chi connectivity index (χ1v) is 7.26. The second kappa shape index (κ2) is 8.86. The Morgan fingerprint density at radius 3 is 2.58 bits per heavy atom. The van der Waals surface area contributed by atoms with Crippen LogP contribution < -0.4 is 10.1 Å². The summed E-state index contributed by atoms with van der Waals surface area (Å²) < 4.78 is 5.62. The number of ether oxygens (including phenoxy) is 1. The molecule has 0 bridgehead atoms. The van der Waals surface area contributed by atoms with Crippen LogP contribution in [0.2, 0.25) is 0 Å². The summed E-state index contributed by atoms with van der Waals surface area (Å²) >= 11 is 0. The van der Waals surface area contributed by atoms with E-state index in [2.05, 4.69) is 43.0 Å². The summed E-state index contributed by atoms with van der Waals surface area (Å²) in [4.78, 5) is 8.63. The highest BCUT2D eigenvalue weighted by atomic mass is 16.5. The minimum atomic E-state index is 0.569. The monoisotopic (exact) mass is 265 g/mol. The van der Waals surface area contributed by atoms with E-state index in [1.165, 1.54) is 12.8 Å². The van der Waals surface area contributed by atoms with Gasteiger partial charge in [-0.05, 0) is 24.8 Å². The number of nitrogens with zero attached hydrogens (tertiary/aromatic N) is 2. The van der Waals surface area contributed by atoms with Gasteiger partial charge in [0.2, 0.25) is 5.88 Å². The van der Waals surface area contributed by atoms with E-state index >= 15 is 0 Å². The van der Waals surface area contributed by atoms with Crippen molar-refractivity contribution in [2.75, 3.05) is 13.2 Å². The number of rotatable bonds is 9. The zero-order chi connectivity index (χ0) is 14.1. The van der Waals surface area contributed by atoms with E-state index in [0.717, 1.165) is 18.8 Å². The first kappa shape index (κ1) is 15.9. The fourth-order valence-corrected chi connectivity index (χ4v) is 1.80. The molecule has 0 aliphatic rings. The third-order valence-corrected chi connectivity index (χ3v) is 2.84. The molecule has 0 spiro atoms. The maximum atomic E-state index is 5.62. The highest BCUT2D eigenvalue weighted by molar-refractivity contribution is 5.07. The Labute approximate surface area is 117 Å². The molecule has 108 valence electrons. The standard InChI is InChI=1S/C15H27N3O/c1-5-6-13(4)11-19-15-10-17-14(9-18-15)8-16-7-12(2)3/h9-10,12-13,16H,5-8,11H2,1-4H3. The number of hydrogen-bond donors (Lipinski definition) is 1. The van der Waals surface area contributed by atoms with Crippen LogP contribution in [-0.2, 0) is 6.54 Å². The SMILES string of the molecule is CCCC(C)COc1cnc(CNCC(C)C)cn1. The van der Waals surface area contributed by atoms with Crippen molar-refractivity contribution < 1.29 is 4.74 Å². The van der Waals surface area contributed by atoms with Gasteiger partial charge in [-0.15, -0.1) is 0 Å². The summed E-state index contributed by atoms with van der Waals surface area (Å²) in [6, 6.07) is 0. The van der Waals surface area contributed by atoms with Gasteiger partial charge in [-0.3, -0.25) is 4.98 Å². The number of aromatic nitrogens is 2. The van der Waals surface area contributed by atoms with Crippen molar-refractivity contribution in [2.24, 2.45) is 11.8 Å². The van der Waals surface area contributed by atoms with Gasteiger partial charge in [-0.1, -0.05) is 34.1 Å². The summed E-state index contributed by atoms with van der Waals surface area (Å²) in [5.74, 6) is 1.84. The molecule has 1 atom stereocenters. The Balaban J connectivity index is 2.30. The molecule has 0 fully saturated rings. The van der Waals surface area contributed by atoms with Crippen molar-refractivity contribution in [2.45, 2.75) is 47.1 Å². The van der Waals surface area contributed by atoms with Crippen LogP contribution in [0, 0.1) is 11.8 Å². The van der Waals surface area contributed by atoms with E-state index < -0.39 is 0 Å². The fraction of sp³-hybridized carbons (Fsp3) is 0.733. The topological polar surface area (TPSA) is 47.0 Å². The van der Waals surface area contributed by atoms with Gasteiger partial charge in [0, 0.05) is 6.54 Å². The van der Waals surface area contributed by atoms with Gasteiger partial charge in [-0.2, -0.15) is 0 Å². The first-order valence-electron chi connectivity index (χ1n) is 7.26. The molecule has 0 saturated heterocycles. The Kier molecular flexibility index (Phi) is 7.41. The second-order valence-corrected chi connectivity index (χ2v) is 5.58. The summed E-state index contributed by atoms with van der Waals surface area (Å²) in [5.41, 5.74) is 0.953. The molecule has 4 nitrogen and oxygen atoms in total. The van der Waals surface area contributed by atoms with Gasteiger partial charge in [-0.25, -0.2) is 4.98 Å². The average Bonchev–Trinajstić information content (AvgIpc) is 2.38. The van der Waals surface area contributed by atoms with Crippen LogP contribution >= 0.6 is 0 Å². The molecule has 1 aromatic rings. The lowest BCUT2D eigenvalue weighted by molar-refractivity contribution is 0.242. The molecule has 0 saturated carbocycles. The molecule has 0 aliphatic carbocycles. The predicted octanol–water partition coefficient (Wildman–Crippen LogP) is 3.04. The van der Waals surface area contributed by atoms with Crippen molar-refractivity contribution in [3.05, 3.63) is 18.1 Å². The van der Waals surface area contributed by atoms with Crippen molar-refractivity contribution in [1.82, 2.24) is 15.3 Å². The van der Waals surface area contributed by atoms with Gasteiger partial charge in [0.1, 0.15) is 0 Å². The van der Waals surface area contributed by atoms with E-state index in [4.69, 9.17) is 4.74 Å². The van der Waals surface area contributed by atoms with E-state index in [0.29, 0.717) is 24.3 Å². The molecular weight excluding hydrogens is 238 g/mol. The third kappa shape index (κ3) is 7.11. The van der Waals surface area contributed by atoms with Crippen molar-refractivity contribution in [3.8, 4) is 5.88 Å². The Morgan fingerprint density at radius 2 is 2.00 bits per heavy atom. The summed E-state index contributed by atoms with van der Waals surface area (Å²) in [7, 11) is 0. The van der Waals surface area contributed by atoms with Gasteiger partial charge in [0.25, 0.3) is 0 Å². The minimum absolute atomic E-state index is 0.569. The van der Waals surface area contributed by atoms with Gasteiger partial charge >= 0.3 is 0 Å². The molecule has 1 rings (SSSR count). The van der Waals surface area contributed by atoms with Crippen LogP contribution in [-0.4, -0.2) is 23.1 Å². The molecular formula is C15H27N3O. The Morgan fingerprint density at radius 1 is 1.21 bits per heavy atom. The lowest BCUT2D eigenvalue weighted by atomic mass is 10.1. The molecule has 1 aromatic heterocycles. The molecule has 0 aliphatic heterocycles. The Hall–Kier alpha value is -1.16. The van der Waals surface area contributed by atoms with Crippen LogP contribution in [0.15, 0.2) is 12.4 Å². The van der Waals surface area contributed by atoms with Crippen LogP contribution in [0.4, 0.5) is 0 Å². The molecule has 0 aromatic carbocycles. The van der Waals surface area contributed by atoms with E-state index in [1.54, 1.807) is 12.4 Å². The van der Waals surface area contributed by atoms with Gasteiger partial charge < -0.3 is 10.1 Å². The van der Waals surface area contributed by atoms with Crippen LogP contribution in [0.3, 0.4) is 0 Å². The molecule has 4 heteroatoms. The molecule has 0 amide bonds. The second-order valence-electron chi connectivity index (χ2n) is 5.58. The lowest BCUT2D eigenvalue weighted by Gasteiger charge is -2.11. The number of hydrogen-bond acceptors (Lipinski definition) is 4. The highest BCUT2D eigenvalue weighted by Crippen LogP contribution is 2.09. The summed E-state index contributed by atoms with van der Waals surface area (Å²) in [5, 5.41) is 3.34. The van der Waals surface area contributed by atoms with Crippen molar-refractivity contribution in [3.63, 3.8) is 0 Å². The van der Waals surface area contributed by atoms with Crippen molar-refractivity contribution >= 4 is 0 Å². The Bertz CT molecular complexity index is 338. The highest BCUT2D eigenvalue weighted by Gasteiger charge is 2.03. The molecule has 0 radical (unpaired) electrons. The van der Waals surface area contributed by atoms with Gasteiger partial charge in [0.15, 0.2) is 0 Å². The minimum Gasteiger partial charge on any atom is -0.476 e. The summed E-state index contributed by atoms with van der Waals surface area (Å²) in [6.07, 6.45) is 5.87. The normalized spacial score (nSPS) is 12.7.